The van der Waals surface area contributed by atoms with Crippen LogP contribution < -0.4 is 0 Å². The van der Waals surface area contributed by atoms with Gasteiger partial charge in [-0.3, -0.25) is 0 Å². The first kappa shape index (κ1) is 29.3. The molecule has 12 aromatic rings. The lowest BCUT2D eigenvalue weighted by atomic mass is 10.00. The molecule has 3 aromatic heterocycles. The zero-order valence-corrected chi connectivity index (χ0v) is 29.0. The molecule has 0 N–H and O–H groups in total. The van der Waals surface area contributed by atoms with E-state index in [1.807, 2.05) is 18.2 Å². The van der Waals surface area contributed by atoms with Gasteiger partial charge in [-0.2, -0.15) is 4.98 Å². The standard InChI is InChI=1S/C50H29N3O/c1-2-14-33-29-34(24-23-30(33)11-1)48-47-40-17-7-8-22-44(40)54-50(47)52-49(51-48)39-20-9-19-38-37(39)18-10-21-41(38)53-42-27-25-31-12-3-5-15-35(31)45(42)46-36-16-6-4-13-32(36)26-28-43(46)53/h1-29H. The second kappa shape index (κ2) is 11.1. The van der Waals surface area contributed by atoms with Gasteiger partial charge in [0.1, 0.15) is 5.58 Å². The summed E-state index contributed by atoms with van der Waals surface area (Å²) < 4.78 is 8.91. The van der Waals surface area contributed by atoms with E-state index in [0.29, 0.717) is 11.5 Å². The van der Waals surface area contributed by atoms with Crippen LogP contribution in [-0.2, 0) is 0 Å². The molecule has 54 heavy (non-hydrogen) atoms. The van der Waals surface area contributed by atoms with Gasteiger partial charge in [-0.25, -0.2) is 4.98 Å². The van der Waals surface area contributed by atoms with Crippen LogP contribution in [0.25, 0.3) is 115 Å². The molecule has 0 unspecified atom stereocenters. The highest BCUT2D eigenvalue weighted by molar-refractivity contribution is 6.29. The van der Waals surface area contributed by atoms with Crippen molar-refractivity contribution in [3.8, 4) is 28.3 Å². The summed E-state index contributed by atoms with van der Waals surface area (Å²) in [6, 6.07) is 62.7. The van der Waals surface area contributed by atoms with Crippen molar-refractivity contribution in [1.82, 2.24) is 14.5 Å². The van der Waals surface area contributed by atoms with Crippen LogP contribution >= 0.6 is 0 Å². The number of hydrogen-bond donors (Lipinski definition) is 0. The Hall–Kier alpha value is -7.30. The minimum absolute atomic E-state index is 0.582. The Labute approximate surface area is 309 Å². The van der Waals surface area contributed by atoms with Crippen LogP contribution in [0, 0.1) is 0 Å². The van der Waals surface area contributed by atoms with E-state index in [4.69, 9.17) is 14.4 Å². The SMILES string of the molecule is c1ccc2cc(-c3nc(-c4cccc5c(-n6c7ccc8ccccc8c7c7c8ccccc8ccc76)cccc45)nc4oc5ccccc5c34)ccc2c1. The highest BCUT2D eigenvalue weighted by Gasteiger charge is 2.22. The zero-order valence-electron chi connectivity index (χ0n) is 29.0. The van der Waals surface area contributed by atoms with Gasteiger partial charge in [-0.15, -0.1) is 0 Å². The number of benzene rings is 9. The molecular formula is C50H29N3O. The topological polar surface area (TPSA) is 43.9 Å². The zero-order chi connectivity index (χ0) is 35.3. The molecule has 0 saturated carbocycles. The first-order chi connectivity index (χ1) is 26.8. The smallest absolute Gasteiger partial charge is 0.231 e. The Morgan fingerprint density at radius 1 is 0.407 bits per heavy atom. The molecule has 4 nitrogen and oxygen atoms in total. The fourth-order valence-electron chi connectivity index (χ4n) is 8.78. The fraction of sp³-hybridized carbons (Fsp3) is 0. The summed E-state index contributed by atoms with van der Waals surface area (Å²) in [4.78, 5) is 10.6. The lowest BCUT2D eigenvalue weighted by Gasteiger charge is -2.14. The molecule has 0 aliphatic heterocycles. The van der Waals surface area contributed by atoms with Crippen LogP contribution in [0.4, 0.5) is 0 Å². The molecule has 0 fully saturated rings. The van der Waals surface area contributed by atoms with Crippen LogP contribution in [0.5, 0.6) is 0 Å². The molecule has 0 aliphatic rings. The lowest BCUT2D eigenvalue weighted by molar-refractivity contribution is 0.653. The van der Waals surface area contributed by atoms with Gasteiger partial charge in [0, 0.05) is 32.7 Å². The monoisotopic (exact) mass is 687 g/mol. The van der Waals surface area contributed by atoms with Crippen molar-refractivity contribution in [2.24, 2.45) is 0 Å². The summed E-state index contributed by atoms with van der Waals surface area (Å²) >= 11 is 0. The molecule has 0 atom stereocenters. The van der Waals surface area contributed by atoms with Gasteiger partial charge in [-0.1, -0.05) is 146 Å². The Bertz CT molecular complexity index is 3420. The highest BCUT2D eigenvalue weighted by Crippen LogP contribution is 2.43. The van der Waals surface area contributed by atoms with Gasteiger partial charge in [0.05, 0.1) is 27.8 Å². The number of furan rings is 1. The third-order valence-corrected chi connectivity index (χ3v) is 11.2. The number of nitrogens with zero attached hydrogens (tertiary/aromatic N) is 3. The largest absolute Gasteiger partial charge is 0.438 e. The molecule has 4 heteroatoms. The Morgan fingerprint density at radius 3 is 1.76 bits per heavy atom. The molecular weight excluding hydrogens is 659 g/mol. The molecule has 0 saturated heterocycles. The number of hydrogen-bond acceptors (Lipinski definition) is 3. The first-order valence-corrected chi connectivity index (χ1v) is 18.3. The Kier molecular flexibility index (Phi) is 6.02. The first-order valence-electron chi connectivity index (χ1n) is 18.3. The second-order valence-electron chi connectivity index (χ2n) is 14.1. The van der Waals surface area contributed by atoms with Crippen LogP contribution in [0.15, 0.2) is 180 Å². The van der Waals surface area contributed by atoms with Crippen LogP contribution in [0.3, 0.4) is 0 Å². The molecule has 0 spiro atoms. The van der Waals surface area contributed by atoms with E-state index >= 15 is 0 Å². The van der Waals surface area contributed by atoms with Gasteiger partial charge < -0.3 is 8.98 Å². The van der Waals surface area contributed by atoms with Crippen LogP contribution in [0.2, 0.25) is 0 Å². The van der Waals surface area contributed by atoms with Crippen molar-refractivity contribution in [1.29, 1.82) is 0 Å². The van der Waals surface area contributed by atoms with Crippen molar-refractivity contribution < 1.29 is 4.42 Å². The van der Waals surface area contributed by atoms with Crippen LogP contribution in [0.1, 0.15) is 0 Å². The average Bonchev–Trinajstić information content (AvgIpc) is 3.79. The van der Waals surface area contributed by atoms with Crippen molar-refractivity contribution in [3.63, 3.8) is 0 Å². The maximum absolute atomic E-state index is 6.47. The predicted octanol–water partition coefficient (Wildman–Crippen LogP) is 13.4. The Balaban J connectivity index is 1.15. The number of para-hydroxylation sites is 1. The Morgan fingerprint density at radius 2 is 1.00 bits per heavy atom. The highest BCUT2D eigenvalue weighted by atomic mass is 16.3. The second-order valence-corrected chi connectivity index (χ2v) is 14.1. The predicted molar refractivity (Wildman–Crippen MR) is 225 cm³/mol. The van der Waals surface area contributed by atoms with E-state index in [-0.39, 0.29) is 0 Å². The van der Waals surface area contributed by atoms with Gasteiger partial charge >= 0.3 is 0 Å². The summed E-state index contributed by atoms with van der Waals surface area (Å²) in [7, 11) is 0. The molecule has 3 heterocycles. The van der Waals surface area contributed by atoms with Gasteiger partial charge in [-0.05, 0) is 68.0 Å². The number of rotatable bonds is 3. The van der Waals surface area contributed by atoms with Crippen LogP contribution in [-0.4, -0.2) is 14.5 Å². The quantitative estimate of drug-likeness (QED) is 0.186. The summed E-state index contributed by atoms with van der Waals surface area (Å²) in [5, 5.41) is 14.0. The molecule has 0 amide bonds. The van der Waals surface area contributed by atoms with Crippen molar-refractivity contribution in [2.45, 2.75) is 0 Å². The van der Waals surface area contributed by atoms with Gasteiger partial charge in [0.25, 0.3) is 0 Å². The van der Waals surface area contributed by atoms with Crippen molar-refractivity contribution in [2.75, 3.05) is 0 Å². The fourth-order valence-corrected chi connectivity index (χ4v) is 8.78. The molecule has 250 valence electrons. The molecule has 0 radical (unpaired) electrons. The van der Waals surface area contributed by atoms with Crippen molar-refractivity contribution >= 4 is 87.0 Å². The van der Waals surface area contributed by atoms with Gasteiger partial charge in [0.15, 0.2) is 5.82 Å². The van der Waals surface area contributed by atoms with E-state index in [0.717, 1.165) is 55.0 Å². The summed E-state index contributed by atoms with van der Waals surface area (Å²) in [5.74, 6) is 0.631. The summed E-state index contributed by atoms with van der Waals surface area (Å²) in [5.41, 5.74) is 7.69. The van der Waals surface area contributed by atoms with E-state index in [1.165, 1.54) is 48.7 Å². The summed E-state index contributed by atoms with van der Waals surface area (Å²) in [6.45, 7) is 0. The molecule has 0 bridgehead atoms. The average molecular weight is 688 g/mol. The number of aromatic nitrogens is 3. The number of fused-ring (bicyclic) bond motifs is 12. The third kappa shape index (κ3) is 4.13. The third-order valence-electron chi connectivity index (χ3n) is 11.2. The van der Waals surface area contributed by atoms with E-state index in [9.17, 15) is 0 Å². The lowest BCUT2D eigenvalue weighted by Crippen LogP contribution is -1.98. The minimum atomic E-state index is 0.582. The van der Waals surface area contributed by atoms with E-state index in [1.54, 1.807) is 0 Å². The van der Waals surface area contributed by atoms with Crippen molar-refractivity contribution in [3.05, 3.63) is 176 Å². The maximum Gasteiger partial charge on any atom is 0.231 e. The molecule has 0 aliphatic carbocycles. The van der Waals surface area contributed by atoms with Gasteiger partial charge in [0.2, 0.25) is 5.71 Å². The van der Waals surface area contributed by atoms with E-state index < -0.39 is 0 Å². The summed E-state index contributed by atoms with van der Waals surface area (Å²) in [6.07, 6.45) is 0. The normalized spacial score (nSPS) is 12.1. The van der Waals surface area contributed by atoms with E-state index in [2.05, 4.69) is 162 Å². The molecule has 12 rings (SSSR count). The maximum atomic E-state index is 6.47. The minimum Gasteiger partial charge on any atom is -0.438 e. The molecule has 9 aromatic carbocycles.